The predicted molar refractivity (Wildman–Crippen MR) is 96.1 cm³/mol. The molecule has 4 rings (SSSR count). The highest BCUT2D eigenvalue weighted by Crippen LogP contribution is 2.30. The van der Waals surface area contributed by atoms with Crippen molar-refractivity contribution in [1.82, 2.24) is 25.2 Å². The predicted octanol–water partition coefficient (Wildman–Crippen LogP) is 2.24. The van der Waals surface area contributed by atoms with E-state index in [-0.39, 0.29) is 12.5 Å². The zero-order valence-corrected chi connectivity index (χ0v) is 14.9. The minimum atomic E-state index is -1.05. The maximum absolute atomic E-state index is 13.0. The molecule has 1 atom stereocenters. The van der Waals surface area contributed by atoms with Crippen LogP contribution >= 0.6 is 0 Å². The first-order chi connectivity index (χ1) is 12.4. The Morgan fingerprint density at radius 2 is 1.85 bits per heavy atom. The molecule has 1 fully saturated rings. The second-order valence-corrected chi connectivity index (χ2v) is 6.85. The number of aromatic nitrogens is 3. The Hall–Kier alpha value is -3.22. The number of nitrogens with one attached hydrogen (secondary N) is 1. The van der Waals surface area contributed by atoms with Crippen molar-refractivity contribution in [2.75, 3.05) is 0 Å². The van der Waals surface area contributed by atoms with E-state index >= 15 is 0 Å². The third-order valence-corrected chi connectivity index (χ3v) is 4.92. The van der Waals surface area contributed by atoms with Gasteiger partial charge in [-0.15, -0.1) is 5.10 Å². The average molecular weight is 349 g/mol. The van der Waals surface area contributed by atoms with Gasteiger partial charge in [0.2, 0.25) is 0 Å². The first-order valence-corrected chi connectivity index (χ1v) is 8.38. The van der Waals surface area contributed by atoms with E-state index in [0.29, 0.717) is 0 Å². The molecule has 0 aliphatic carbocycles. The number of imide groups is 1. The van der Waals surface area contributed by atoms with Crippen LogP contribution in [0.4, 0.5) is 4.79 Å². The highest BCUT2D eigenvalue weighted by Gasteiger charge is 2.48. The van der Waals surface area contributed by atoms with Gasteiger partial charge in [-0.1, -0.05) is 41.1 Å². The molecule has 132 valence electrons. The Morgan fingerprint density at radius 3 is 2.58 bits per heavy atom. The first-order valence-electron chi connectivity index (χ1n) is 8.38. The zero-order chi connectivity index (χ0) is 18.5. The molecule has 2 aromatic carbocycles. The lowest BCUT2D eigenvalue weighted by Crippen LogP contribution is -2.40. The molecule has 7 nitrogen and oxygen atoms in total. The van der Waals surface area contributed by atoms with E-state index in [2.05, 4.69) is 15.6 Å². The summed E-state index contributed by atoms with van der Waals surface area (Å²) in [5.41, 5.74) is 3.28. The van der Waals surface area contributed by atoms with E-state index in [4.69, 9.17) is 0 Å². The van der Waals surface area contributed by atoms with Crippen LogP contribution in [0.3, 0.4) is 0 Å². The van der Waals surface area contributed by atoms with Crippen molar-refractivity contribution in [3.05, 3.63) is 59.2 Å². The van der Waals surface area contributed by atoms with Gasteiger partial charge in [0.1, 0.15) is 11.1 Å². The lowest BCUT2D eigenvalue weighted by atomic mass is 9.91. The number of benzene rings is 2. The van der Waals surface area contributed by atoms with Gasteiger partial charge in [0.05, 0.1) is 12.1 Å². The normalized spacial score (nSPS) is 20.0. The second kappa shape index (κ2) is 5.66. The summed E-state index contributed by atoms with van der Waals surface area (Å²) < 4.78 is 1.68. The number of carbonyl (C=O) groups excluding carboxylic acids is 2. The number of fused-ring (bicyclic) bond motifs is 1. The number of rotatable bonds is 3. The van der Waals surface area contributed by atoms with Crippen molar-refractivity contribution in [3.8, 4) is 0 Å². The lowest BCUT2D eigenvalue weighted by molar-refractivity contribution is -0.131. The third-order valence-electron chi connectivity index (χ3n) is 4.92. The van der Waals surface area contributed by atoms with Crippen LogP contribution in [-0.4, -0.2) is 31.8 Å². The van der Waals surface area contributed by atoms with Crippen LogP contribution in [0.1, 0.15) is 23.6 Å². The highest BCUT2D eigenvalue weighted by atomic mass is 16.2. The van der Waals surface area contributed by atoms with E-state index in [1.807, 2.05) is 56.4 Å². The molecule has 0 saturated carbocycles. The Kier molecular flexibility index (Phi) is 3.54. The molecule has 1 aliphatic heterocycles. The molecule has 3 aromatic rings. The number of nitrogens with zero attached hydrogens (tertiary/aromatic N) is 4. The van der Waals surface area contributed by atoms with Gasteiger partial charge >= 0.3 is 6.03 Å². The summed E-state index contributed by atoms with van der Waals surface area (Å²) in [5, 5.41) is 10.9. The number of hydrogen-bond acceptors (Lipinski definition) is 4. The van der Waals surface area contributed by atoms with Crippen molar-refractivity contribution in [2.24, 2.45) is 7.05 Å². The van der Waals surface area contributed by atoms with Crippen LogP contribution in [0, 0.1) is 6.92 Å². The van der Waals surface area contributed by atoms with Gasteiger partial charge in [-0.25, -0.2) is 9.48 Å². The quantitative estimate of drug-likeness (QED) is 0.736. The number of hydrogen-bond donors (Lipinski definition) is 1. The number of urea groups is 1. The van der Waals surface area contributed by atoms with E-state index < -0.39 is 11.6 Å². The summed E-state index contributed by atoms with van der Waals surface area (Å²) in [7, 11) is 1.82. The number of carbonyl (C=O) groups is 2. The van der Waals surface area contributed by atoms with Crippen LogP contribution in [0.2, 0.25) is 0 Å². The van der Waals surface area contributed by atoms with Crippen LogP contribution in [-0.2, 0) is 23.9 Å². The summed E-state index contributed by atoms with van der Waals surface area (Å²) in [4.78, 5) is 26.7. The van der Waals surface area contributed by atoms with Gasteiger partial charge in [-0.05, 0) is 37.1 Å². The molecule has 0 bridgehead atoms. The third kappa shape index (κ3) is 2.44. The average Bonchev–Trinajstić information content (AvgIpc) is 3.09. The van der Waals surface area contributed by atoms with Gasteiger partial charge in [0.25, 0.3) is 5.91 Å². The molecule has 1 unspecified atom stereocenters. The number of aryl methyl sites for hydroxylation is 2. The van der Waals surface area contributed by atoms with Crippen molar-refractivity contribution >= 4 is 23.0 Å². The summed E-state index contributed by atoms with van der Waals surface area (Å²) in [6, 6.07) is 12.9. The first kappa shape index (κ1) is 16.3. The highest BCUT2D eigenvalue weighted by molar-refractivity contribution is 6.07. The topological polar surface area (TPSA) is 80.1 Å². The SMILES string of the molecule is Cc1ccc(C2(C)NC(=O)N(Cc3ccc4c(c3)nnn4C)C2=O)cc1. The summed E-state index contributed by atoms with van der Waals surface area (Å²) >= 11 is 0. The molecule has 1 saturated heterocycles. The van der Waals surface area contributed by atoms with E-state index in [9.17, 15) is 9.59 Å². The maximum Gasteiger partial charge on any atom is 0.325 e. The summed E-state index contributed by atoms with van der Waals surface area (Å²) in [6.07, 6.45) is 0. The van der Waals surface area contributed by atoms with Crippen molar-refractivity contribution in [2.45, 2.75) is 25.9 Å². The van der Waals surface area contributed by atoms with Gasteiger partial charge in [0, 0.05) is 7.05 Å². The Bertz CT molecular complexity index is 1020. The molecule has 0 spiro atoms. The van der Waals surface area contributed by atoms with Crippen LogP contribution in [0.5, 0.6) is 0 Å². The minimum Gasteiger partial charge on any atom is -0.319 e. The monoisotopic (exact) mass is 349 g/mol. The van der Waals surface area contributed by atoms with Gasteiger partial charge in [-0.3, -0.25) is 9.69 Å². The smallest absolute Gasteiger partial charge is 0.319 e. The van der Waals surface area contributed by atoms with Crippen LogP contribution in [0.25, 0.3) is 11.0 Å². The fourth-order valence-corrected chi connectivity index (χ4v) is 3.29. The Balaban J connectivity index is 1.63. The lowest BCUT2D eigenvalue weighted by Gasteiger charge is -2.22. The molecule has 1 N–H and O–H groups in total. The van der Waals surface area contributed by atoms with Gasteiger partial charge < -0.3 is 5.32 Å². The molecule has 26 heavy (non-hydrogen) atoms. The molecule has 1 aliphatic rings. The van der Waals surface area contributed by atoms with E-state index in [0.717, 1.165) is 27.7 Å². The largest absolute Gasteiger partial charge is 0.325 e. The molecule has 1 aromatic heterocycles. The second-order valence-electron chi connectivity index (χ2n) is 6.85. The molecule has 2 heterocycles. The molecule has 3 amide bonds. The fraction of sp³-hybridized carbons (Fsp3) is 0.263. The maximum atomic E-state index is 13.0. The van der Waals surface area contributed by atoms with Crippen molar-refractivity contribution in [1.29, 1.82) is 0 Å². The Morgan fingerprint density at radius 1 is 1.12 bits per heavy atom. The molecule has 0 radical (unpaired) electrons. The van der Waals surface area contributed by atoms with Gasteiger partial charge in [-0.2, -0.15) is 0 Å². The minimum absolute atomic E-state index is 0.193. The molecular weight excluding hydrogens is 330 g/mol. The van der Waals surface area contributed by atoms with Gasteiger partial charge in [0.15, 0.2) is 0 Å². The standard InChI is InChI=1S/C19H19N5O2/c1-12-4-7-14(8-5-12)19(2)17(25)24(18(26)20-19)11-13-6-9-16-15(10-13)21-22-23(16)3/h4-10H,11H2,1-3H3,(H,20,26). The molecular formula is C19H19N5O2. The van der Waals surface area contributed by atoms with E-state index in [1.165, 1.54) is 4.90 Å². The van der Waals surface area contributed by atoms with E-state index in [1.54, 1.807) is 11.6 Å². The fourth-order valence-electron chi connectivity index (χ4n) is 3.29. The summed E-state index contributed by atoms with van der Waals surface area (Å²) in [6.45, 7) is 3.92. The van der Waals surface area contributed by atoms with Crippen molar-refractivity contribution in [3.63, 3.8) is 0 Å². The van der Waals surface area contributed by atoms with Crippen LogP contribution < -0.4 is 5.32 Å². The van der Waals surface area contributed by atoms with Crippen LogP contribution in [0.15, 0.2) is 42.5 Å². The number of amides is 3. The Labute approximate surface area is 150 Å². The van der Waals surface area contributed by atoms with Crippen molar-refractivity contribution < 1.29 is 9.59 Å². The summed E-state index contributed by atoms with van der Waals surface area (Å²) in [5.74, 6) is -0.259. The zero-order valence-electron chi connectivity index (χ0n) is 14.9. The molecule has 7 heteroatoms.